The van der Waals surface area contributed by atoms with Crippen molar-refractivity contribution >= 4 is 29.2 Å². The van der Waals surface area contributed by atoms with Crippen molar-refractivity contribution in [2.24, 2.45) is 5.16 Å². The first kappa shape index (κ1) is 20.5. The van der Waals surface area contributed by atoms with Crippen molar-refractivity contribution in [3.8, 4) is 11.5 Å². The predicted octanol–water partition coefficient (Wildman–Crippen LogP) is 3.04. The monoisotopic (exact) mass is 389 g/mol. The van der Waals surface area contributed by atoms with E-state index in [4.69, 9.17) is 9.84 Å². The number of carbonyl (C=O) groups is 2. The molecule has 2 aromatic carbocycles. The molecule has 2 N–H and O–H groups in total. The Labute approximate surface area is 160 Å². The molecule has 142 valence electrons. The Morgan fingerprint density at radius 3 is 2.33 bits per heavy atom. The van der Waals surface area contributed by atoms with Crippen LogP contribution in [0.15, 0.2) is 57.4 Å². The first-order chi connectivity index (χ1) is 12.9. The van der Waals surface area contributed by atoms with Gasteiger partial charge in [0.2, 0.25) is 5.78 Å². The summed E-state index contributed by atoms with van der Waals surface area (Å²) in [5.74, 6) is -0.702. The van der Waals surface area contributed by atoms with Gasteiger partial charge in [0.05, 0.1) is 12.2 Å². The molecule has 2 aromatic rings. The van der Waals surface area contributed by atoms with Crippen LogP contribution >= 0.6 is 11.8 Å². The number of hydrogen-bond donors (Lipinski definition) is 2. The topological polar surface area (TPSA) is 105 Å². The molecule has 27 heavy (non-hydrogen) atoms. The van der Waals surface area contributed by atoms with E-state index in [1.165, 1.54) is 37.7 Å². The highest BCUT2D eigenvalue weighted by atomic mass is 32.2. The van der Waals surface area contributed by atoms with Crippen molar-refractivity contribution in [2.75, 3.05) is 13.2 Å². The van der Waals surface area contributed by atoms with Crippen molar-refractivity contribution in [1.82, 2.24) is 0 Å². The molecule has 0 aliphatic rings. The molecule has 0 aromatic heterocycles. The van der Waals surface area contributed by atoms with Gasteiger partial charge in [0.15, 0.2) is 0 Å². The highest BCUT2D eigenvalue weighted by molar-refractivity contribution is 7.99. The number of aliphatic hydroxyl groups excluding tert-OH is 1. The van der Waals surface area contributed by atoms with E-state index in [9.17, 15) is 14.7 Å². The Hall–Kier alpha value is -2.84. The van der Waals surface area contributed by atoms with Crippen LogP contribution in [0.2, 0.25) is 0 Å². The highest BCUT2D eigenvalue weighted by Gasteiger charge is 2.16. The predicted molar refractivity (Wildman–Crippen MR) is 100 cm³/mol. The average Bonchev–Trinajstić information content (AvgIpc) is 2.65. The zero-order chi connectivity index (χ0) is 19.8. The second-order valence-electron chi connectivity index (χ2n) is 5.41. The smallest absolute Gasteiger partial charge is 0.331 e. The second-order valence-corrected chi connectivity index (χ2v) is 6.56. The summed E-state index contributed by atoms with van der Waals surface area (Å²) in [4.78, 5) is 29.1. The molecule has 0 heterocycles. The maximum atomic E-state index is 12.3. The molecule has 0 fully saturated rings. The molecular weight excluding hydrogens is 370 g/mol. The van der Waals surface area contributed by atoms with Gasteiger partial charge in [-0.2, -0.15) is 0 Å². The van der Waals surface area contributed by atoms with Gasteiger partial charge in [0.1, 0.15) is 23.8 Å². The number of oxime groups is 1. The lowest BCUT2D eigenvalue weighted by molar-refractivity contribution is -0.140. The van der Waals surface area contributed by atoms with Crippen molar-refractivity contribution in [3.63, 3.8) is 0 Å². The lowest BCUT2D eigenvalue weighted by Gasteiger charge is -2.08. The van der Waals surface area contributed by atoms with Gasteiger partial charge in [0, 0.05) is 16.7 Å². The lowest BCUT2D eigenvalue weighted by Crippen LogP contribution is -2.12. The molecule has 0 atom stereocenters. The number of phenols is 1. The highest BCUT2D eigenvalue weighted by Crippen LogP contribution is 2.32. The van der Waals surface area contributed by atoms with Crippen LogP contribution in [0.4, 0.5) is 0 Å². The number of hydrogen-bond acceptors (Lipinski definition) is 8. The molecule has 2 rings (SSSR count). The van der Waals surface area contributed by atoms with Crippen molar-refractivity contribution in [3.05, 3.63) is 48.0 Å². The molecule has 8 heteroatoms. The molecule has 0 unspecified atom stereocenters. The van der Waals surface area contributed by atoms with Crippen LogP contribution in [-0.4, -0.2) is 40.9 Å². The van der Waals surface area contributed by atoms with Crippen LogP contribution in [0.3, 0.4) is 0 Å². The molecule has 0 radical (unpaired) electrons. The van der Waals surface area contributed by atoms with Gasteiger partial charge in [-0.3, -0.25) is 4.79 Å². The summed E-state index contributed by atoms with van der Waals surface area (Å²) >= 11 is 1.40. The minimum absolute atomic E-state index is 0.0422. The lowest BCUT2D eigenvalue weighted by atomic mass is 10.1. The van der Waals surface area contributed by atoms with E-state index >= 15 is 0 Å². The van der Waals surface area contributed by atoms with E-state index in [0.717, 1.165) is 9.79 Å². The van der Waals surface area contributed by atoms with Crippen LogP contribution in [-0.2, 0) is 9.63 Å². The van der Waals surface area contributed by atoms with Crippen molar-refractivity contribution in [1.29, 1.82) is 0 Å². The van der Waals surface area contributed by atoms with E-state index in [0.29, 0.717) is 5.75 Å². The summed E-state index contributed by atoms with van der Waals surface area (Å²) in [6.07, 6.45) is 0. The van der Waals surface area contributed by atoms with Crippen molar-refractivity contribution in [2.45, 2.75) is 23.6 Å². The van der Waals surface area contributed by atoms with E-state index < -0.39 is 11.8 Å². The van der Waals surface area contributed by atoms with Gasteiger partial charge in [-0.1, -0.05) is 16.9 Å². The van der Waals surface area contributed by atoms with E-state index in [1.54, 1.807) is 18.2 Å². The summed E-state index contributed by atoms with van der Waals surface area (Å²) < 4.78 is 5.30. The number of aromatic hydroxyl groups is 1. The van der Waals surface area contributed by atoms with Crippen molar-refractivity contribution < 1.29 is 29.4 Å². The van der Waals surface area contributed by atoms with Gasteiger partial charge in [-0.25, -0.2) is 4.79 Å². The quantitative estimate of drug-likeness (QED) is 0.309. The summed E-state index contributed by atoms with van der Waals surface area (Å²) in [6, 6.07) is 11.9. The number of ether oxygens (including phenoxy) is 1. The standard InChI is InChI=1S/C19H19NO6S/c1-12(20-26-13(2)22)19(24)17-8-7-16(11-18(17)23)27-15-5-3-14(4-6-15)25-10-9-21/h3-8,11,21,23H,9-10H2,1-2H3/b20-12+. The van der Waals surface area contributed by atoms with Crippen LogP contribution in [0, 0.1) is 0 Å². The number of carbonyl (C=O) groups excluding carboxylic acids is 2. The molecule has 7 nitrogen and oxygen atoms in total. The zero-order valence-corrected chi connectivity index (χ0v) is 15.7. The minimum Gasteiger partial charge on any atom is -0.507 e. The normalized spacial score (nSPS) is 11.1. The molecule has 0 saturated heterocycles. The van der Waals surface area contributed by atoms with Crippen LogP contribution in [0.5, 0.6) is 11.5 Å². The van der Waals surface area contributed by atoms with E-state index in [-0.39, 0.29) is 30.2 Å². The number of benzene rings is 2. The summed E-state index contributed by atoms with van der Waals surface area (Å²) in [5.41, 5.74) is 0.0277. The zero-order valence-electron chi connectivity index (χ0n) is 14.8. The SMILES string of the molecule is CC(=O)O/N=C(\C)C(=O)c1ccc(Sc2ccc(OCCO)cc2)cc1O. The number of nitrogens with zero attached hydrogens (tertiary/aromatic N) is 1. The van der Waals surface area contributed by atoms with Gasteiger partial charge < -0.3 is 19.8 Å². The number of ketones is 1. The third kappa shape index (κ3) is 6.12. The summed E-state index contributed by atoms with van der Waals surface area (Å²) in [7, 11) is 0. The number of aliphatic hydroxyl groups is 1. The fourth-order valence-electron chi connectivity index (χ4n) is 2.04. The van der Waals surface area contributed by atoms with E-state index in [1.807, 2.05) is 12.1 Å². The number of Topliss-reactive ketones (excluding diaryl/α,β-unsaturated/α-hetero) is 1. The Morgan fingerprint density at radius 2 is 1.74 bits per heavy atom. The third-order valence-corrected chi connectivity index (χ3v) is 4.27. The Balaban J connectivity index is 2.08. The Morgan fingerprint density at radius 1 is 1.07 bits per heavy atom. The van der Waals surface area contributed by atoms with Gasteiger partial charge in [-0.15, -0.1) is 0 Å². The first-order valence-corrected chi connectivity index (χ1v) is 8.84. The average molecular weight is 389 g/mol. The van der Waals surface area contributed by atoms with E-state index in [2.05, 4.69) is 9.99 Å². The summed E-state index contributed by atoms with van der Waals surface area (Å²) in [5, 5.41) is 22.3. The molecule has 0 saturated carbocycles. The molecule has 0 amide bonds. The fraction of sp³-hybridized carbons (Fsp3) is 0.211. The molecule has 0 spiro atoms. The van der Waals surface area contributed by atoms with Crippen LogP contribution < -0.4 is 4.74 Å². The van der Waals surface area contributed by atoms with Crippen LogP contribution in [0.25, 0.3) is 0 Å². The molecule has 0 aliphatic heterocycles. The Bertz CT molecular complexity index is 848. The Kier molecular flexibility index (Phi) is 7.39. The molecule has 0 aliphatic carbocycles. The number of phenolic OH excluding ortho intramolecular Hbond substituents is 1. The summed E-state index contributed by atoms with van der Waals surface area (Å²) in [6.45, 7) is 2.76. The van der Waals surface area contributed by atoms with Gasteiger partial charge in [0.25, 0.3) is 0 Å². The molecule has 0 bridgehead atoms. The molecular formula is C19H19NO6S. The minimum atomic E-state index is -0.633. The third-order valence-electron chi connectivity index (χ3n) is 3.27. The van der Waals surface area contributed by atoms with Gasteiger partial charge in [-0.05, 0) is 49.4 Å². The van der Waals surface area contributed by atoms with Gasteiger partial charge >= 0.3 is 5.97 Å². The fourth-order valence-corrected chi connectivity index (χ4v) is 2.89. The number of rotatable bonds is 8. The largest absolute Gasteiger partial charge is 0.507 e. The maximum absolute atomic E-state index is 12.3. The second kappa shape index (κ2) is 9.75. The first-order valence-electron chi connectivity index (χ1n) is 8.02. The maximum Gasteiger partial charge on any atom is 0.331 e. The van der Waals surface area contributed by atoms with Crippen LogP contribution in [0.1, 0.15) is 24.2 Å².